The molecule has 2 aromatic carbocycles. The molecule has 3 atom stereocenters. The topological polar surface area (TPSA) is 65.0 Å². The van der Waals surface area contributed by atoms with Crippen LogP contribution in [-0.4, -0.2) is 25.1 Å². The highest BCUT2D eigenvalue weighted by Crippen LogP contribution is 2.39. The van der Waals surface area contributed by atoms with E-state index in [1.54, 1.807) is 50.6 Å². The third-order valence-electron chi connectivity index (χ3n) is 4.35. The first kappa shape index (κ1) is 17.0. The number of carbonyl (C=O) groups is 1. The number of carbonyl (C=O) groups excluding carboxylic acids is 1. The van der Waals surface area contributed by atoms with Gasteiger partial charge in [-0.05, 0) is 35.4 Å². The van der Waals surface area contributed by atoms with E-state index in [1.807, 2.05) is 12.1 Å². The van der Waals surface area contributed by atoms with Crippen molar-refractivity contribution in [1.82, 2.24) is 0 Å². The Labute approximate surface area is 146 Å². The Morgan fingerprint density at radius 2 is 1.52 bits per heavy atom. The number of methoxy groups -OCH3 is 2. The number of rotatable bonds is 5. The van der Waals surface area contributed by atoms with Crippen LogP contribution in [0, 0.1) is 5.92 Å². The highest BCUT2D eigenvalue weighted by molar-refractivity contribution is 5.93. The van der Waals surface area contributed by atoms with Gasteiger partial charge in [0.05, 0.1) is 32.5 Å². The number of hydrogen-bond acceptors (Lipinski definition) is 5. The highest BCUT2D eigenvalue weighted by Gasteiger charge is 2.38. The molecule has 0 spiro atoms. The largest absolute Gasteiger partial charge is 0.497 e. The van der Waals surface area contributed by atoms with E-state index in [0.717, 1.165) is 5.56 Å². The molecule has 0 unspecified atom stereocenters. The molecule has 1 aliphatic heterocycles. The van der Waals surface area contributed by atoms with Gasteiger partial charge in [0.2, 0.25) is 0 Å². The maximum atomic E-state index is 12.5. The van der Waals surface area contributed by atoms with Crippen molar-refractivity contribution in [3.8, 4) is 11.5 Å². The van der Waals surface area contributed by atoms with Gasteiger partial charge in [-0.1, -0.05) is 24.3 Å². The number of ether oxygens (including phenoxy) is 3. The van der Waals surface area contributed by atoms with Crippen LogP contribution < -0.4 is 9.47 Å². The third kappa shape index (κ3) is 3.51. The zero-order valence-electron chi connectivity index (χ0n) is 14.1. The van der Waals surface area contributed by atoms with E-state index in [4.69, 9.17) is 14.2 Å². The second-order valence-electron chi connectivity index (χ2n) is 5.78. The first-order valence-corrected chi connectivity index (χ1v) is 7.96. The summed E-state index contributed by atoms with van der Waals surface area (Å²) in [6, 6.07) is 14.3. The van der Waals surface area contributed by atoms with Crippen LogP contribution in [0.15, 0.2) is 60.9 Å². The molecule has 0 aliphatic carbocycles. The van der Waals surface area contributed by atoms with Crippen molar-refractivity contribution >= 4 is 5.78 Å². The molecule has 1 heterocycles. The Morgan fingerprint density at radius 1 is 0.960 bits per heavy atom. The lowest BCUT2D eigenvalue weighted by Gasteiger charge is -2.31. The summed E-state index contributed by atoms with van der Waals surface area (Å²) in [5, 5.41) is 10.8. The van der Waals surface area contributed by atoms with Crippen molar-refractivity contribution < 1.29 is 24.1 Å². The van der Waals surface area contributed by atoms with Gasteiger partial charge in [0.1, 0.15) is 17.6 Å². The van der Waals surface area contributed by atoms with Gasteiger partial charge >= 0.3 is 0 Å². The van der Waals surface area contributed by atoms with Crippen LogP contribution in [0.1, 0.15) is 23.3 Å². The minimum Gasteiger partial charge on any atom is -0.497 e. The molecule has 0 bridgehead atoms. The van der Waals surface area contributed by atoms with Gasteiger partial charge in [-0.25, -0.2) is 0 Å². The molecule has 1 N–H and O–H groups in total. The monoisotopic (exact) mass is 340 g/mol. The Kier molecular flexibility index (Phi) is 5.05. The fraction of sp³-hybridized carbons (Fsp3) is 0.250. The molecule has 130 valence electrons. The first-order valence-electron chi connectivity index (χ1n) is 7.96. The summed E-state index contributed by atoms with van der Waals surface area (Å²) in [6.45, 7) is 0. The molecule has 0 fully saturated rings. The van der Waals surface area contributed by atoms with Gasteiger partial charge < -0.3 is 19.3 Å². The van der Waals surface area contributed by atoms with Gasteiger partial charge in [0, 0.05) is 6.08 Å². The molecule has 2 aromatic rings. The number of allylic oxidation sites excluding steroid dienone is 1. The van der Waals surface area contributed by atoms with Gasteiger partial charge in [-0.2, -0.15) is 0 Å². The van der Waals surface area contributed by atoms with Crippen molar-refractivity contribution in [2.45, 2.75) is 12.2 Å². The Hall–Kier alpha value is -2.79. The number of aliphatic hydroxyl groups is 1. The van der Waals surface area contributed by atoms with Crippen molar-refractivity contribution in [1.29, 1.82) is 0 Å². The summed E-state index contributed by atoms with van der Waals surface area (Å²) in [4.78, 5) is 12.5. The molecule has 0 saturated carbocycles. The van der Waals surface area contributed by atoms with Crippen LogP contribution in [0.4, 0.5) is 0 Å². The zero-order chi connectivity index (χ0) is 17.8. The van der Waals surface area contributed by atoms with E-state index >= 15 is 0 Å². The van der Waals surface area contributed by atoms with Crippen molar-refractivity contribution in [3.05, 3.63) is 72.0 Å². The normalized spacial score (nSPS) is 20.7. The number of benzene rings is 2. The molecule has 0 aromatic heterocycles. The second-order valence-corrected chi connectivity index (χ2v) is 5.78. The van der Waals surface area contributed by atoms with Crippen molar-refractivity contribution in [3.63, 3.8) is 0 Å². The van der Waals surface area contributed by atoms with Crippen LogP contribution in [-0.2, 0) is 9.53 Å². The number of ketones is 1. The molecule has 1 aliphatic rings. The third-order valence-corrected chi connectivity index (χ3v) is 4.35. The fourth-order valence-electron chi connectivity index (χ4n) is 2.95. The van der Waals surface area contributed by atoms with Gasteiger partial charge in [0.15, 0.2) is 5.78 Å². The first-order chi connectivity index (χ1) is 12.1. The van der Waals surface area contributed by atoms with Gasteiger partial charge in [-0.3, -0.25) is 4.79 Å². The van der Waals surface area contributed by atoms with Crippen LogP contribution in [0.3, 0.4) is 0 Å². The van der Waals surface area contributed by atoms with Crippen LogP contribution in [0.2, 0.25) is 0 Å². The number of aliphatic hydroxyl groups excluding tert-OH is 1. The molecule has 0 radical (unpaired) electrons. The summed E-state index contributed by atoms with van der Waals surface area (Å²) in [5.74, 6) is 0.504. The zero-order valence-corrected chi connectivity index (χ0v) is 14.1. The predicted octanol–water partition coefficient (Wildman–Crippen LogP) is 3.21. The second kappa shape index (κ2) is 7.40. The maximum absolute atomic E-state index is 12.5. The predicted molar refractivity (Wildman–Crippen MR) is 92.4 cm³/mol. The molecule has 5 heteroatoms. The minimum atomic E-state index is -0.990. The van der Waals surface area contributed by atoms with E-state index in [1.165, 1.54) is 12.3 Å². The SMILES string of the molecule is COc1ccc([C@@H](O)[C@@H]2C(=O)C=CO[C@H]2c2ccc(OC)cc2)cc1. The summed E-state index contributed by atoms with van der Waals surface area (Å²) in [5.41, 5.74) is 1.44. The van der Waals surface area contributed by atoms with Crippen molar-refractivity contribution in [2.24, 2.45) is 5.92 Å². The molecular weight excluding hydrogens is 320 g/mol. The lowest BCUT2D eigenvalue weighted by atomic mass is 9.83. The van der Waals surface area contributed by atoms with E-state index in [2.05, 4.69) is 0 Å². The van der Waals surface area contributed by atoms with Gasteiger partial charge in [0.25, 0.3) is 0 Å². The van der Waals surface area contributed by atoms with Crippen molar-refractivity contribution in [2.75, 3.05) is 14.2 Å². The smallest absolute Gasteiger partial charge is 0.168 e. The standard InChI is InChI=1S/C20H20O5/c1-23-15-7-3-13(4-8-15)19(22)18-17(21)11-12-25-20(18)14-5-9-16(24-2)10-6-14/h3-12,18-20,22H,1-2H3/t18-,19+,20-/m0/s1. The summed E-state index contributed by atoms with van der Waals surface area (Å²) < 4.78 is 16.0. The van der Waals surface area contributed by atoms with Crippen LogP contribution >= 0.6 is 0 Å². The van der Waals surface area contributed by atoms with Crippen LogP contribution in [0.25, 0.3) is 0 Å². The Bertz CT molecular complexity index is 749. The van der Waals surface area contributed by atoms with E-state index < -0.39 is 18.1 Å². The Balaban J connectivity index is 1.91. The molecule has 25 heavy (non-hydrogen) atoms. The van der Waals surface area contributed by atoms with E-state index in [9.17, 15) is 9.90 Å². The summed E-state index contributed by atoms with van der Waals surface area (Å²) in [6.07, 6.45) is 1.18. The van der Waals surface area contributed by atoms with E-state index in [-0.39, 0.29) is 5.78 Å². The van der Waals surface area contributed by atoms with Crippen LogP contribution in [0.5, 0.6) is 11.5 Å². The molecular formula is C20H20O5. The molecule has 0 saturated heterocycles. The summed E-state index contributed by atoms with van der Waals surface area (Å²) in [7, 11) is 3.17. The fourth-order valence-corrected chi connectivity index (χ4v) is 2.95. The lowest BCUT2D eigenvalue weighted by molar-refractivity contribution is -0.130. The minimum absolute atomic E-state index is 0.171. The van der Waals surface area contributed by atoms with Gasteiger partial charge in [-0.15, -0.1) is 0 Å². The molecule has 3 rings (SSSR count). The average molecular weight is 340 g/mol. The quantitative estimate of drug-likeness (QED) is 0.905. The summed E-state index contributed by atoms with van der Waals surface area (Å²) >= 11 is 0. The lowest BCUT2D eigenvalue weighted by Crippen LogP contribution is -2.31. The van der Waals surface area contributed by atoms with E-state index in [0.29, 0.717) is 17.1 Å². The maximum Gasteiger partial charge on any atom is 0.168 e. The highest BCUT2D eigenvalue weighted by atomic mass is 16.5. The molecule has 0 amide bonds. The number of hydrogen-bond donors (Lipinski definition) is 1. The molecule has 5 nitrogen and oxygen atoms in total. The average Bonchev–Trinajstić information content (AvgIpc) is 2.67. The Morgan fingerprint density at radius 3 is 2.08 bits per heavy atom.